The number of aromatic nitrogens is 1. The van der Waals surface area contributed by atoms with Crippen molar-refractivity contribution in [2.24, 2.45) is 0 Å². The van der Waals surface area contributed by atoms with E-state index in [1.165, 1.54) is 12.1 Å². The molecule has 1 aromatic heterocycles. The maximum Gasteiger partial charge on any atom is 0.425 e. The van der Waals surface area contributed by atoms with E-state index in [0.29, 0.717) is 5.76 Å². The molecule has 6 heteroatoms. The van der Waals surface area contributed by atoms with Gasteiger partial charge in [0.25, 0.3) is 0 Å². The van der Waals surface area contributed by atoms with Crippen LogP contribution in [0.1, 0.15) is 26.5 Å². The quantitative estimate of drug-likeness (QED) is 0.792. The van der Waals surface area contributed by atoms with Crippen molar-refractivity contribution >= 4 is 23.2 Å². The van der Waals surface area contributed by atoms with E-state index in [9.17, 15) is 9.18 Å². The summed E-state index contributed by atoms with van der Waals surface area (Å²) < 4.78 is 20.0. The number of oxazole rings is 1. The van der Waals surface area contributed by atoms with Crippen LogP contribution < -0.4 is 5.76 Å². The molecule has 1 aromatic carbocycles. The van der Waals surface area contributed by atoms with Gasteiger partial charge in [0.15, 0.2) is 10.9 Å². The van der Waals surface area contributed by atoms with Gasteiger partial charge in [0.2, 0.25) is 0 Å². The first-order valence-corrected chi connectivity index (χ1v) is 6.34. The normalized spacial score (nSPS) is 11.9. The molecular formula is C13H12Cl2FNO2. The summed E-state index contributed by atoms with van der Waals surface area (Å²) in [4.78, 5) is 11.9. The summed E-state index contributed by atoms with van der Waals surface area (Å²) in [5.41, 5.74) is -0.441. The van der Waals surface area contributed by atoms with Gasteiger partial charge in [-0.25, -0.2) is 13.8 Å². The van der Waals surface area contributed by atoms with Gasteiger partial charge < -0.3 is 4.42 Å². The molecule has 0 radical (unpaired) electrons. The zero-order chi connectivity index (χ0) is 14.4. The first-order chi connectivity index (χ1) is 8.71. The monoisotopic (exact) mass is 303 g/mol. The van der Waals surface area contributed by atoms with Crippen molar-refractivity contribution in [1.82, 2.24) is 4.57 Å². The Hall–Kier alpha value is -1.26. The standard InChI is InChI=1S/C13H12Cl2FNO2/c1-13(2,3)10-11(15)17(12(18)19-10)9-5-4-7(14)6-8(9)16/h4-6H,1-3H3. The molecular weight excluding hydrogens is 292 g/mol. The van der Waals surface area contributed by atoms with E-state index in [0.717, 1.165) is 10.6 Å². The Morgan fingerprint density at radius 1 is 1.26 bits per heavy atom. The summed E-state index contributed by atoms with van der Waals surface area (Å²) in [5, 5.41) is 0.309. The van der Waals surface area contributed by atoms with Crippen LogP contribution in [0.2, 0.25) is 10.2 Å². The summed E-state index contributed by atoms with van der Waals surface area (Å²) in [5.74, 6) is -1.05. The number of rotatable bonds is 1. The maximum atomic E-state index is 13.9. The highest BCUT2D eigenvalue weighted by atomic mass is 35.5. The number of hydrogen-bond acceptors (Lipinski definition) is 2. The van der Waals surface area contributed by atoms with Crippen LogP contribution in [0.25, 0.3) is 5.69 Å². The minimum absolute atomic E-state index is 0.0126. The third-order valence-corrected chi connectivity index (χ3v) is 3.16. The fourth-order valence-corrected chi connectivity index (χ4v) is 2.33. The Morgan fingerprint density at radius 3 is 2.37 bits per heavy atom. The molecule has 1 heterocycles. The average molecular weight is 304 g/mol. The van der Waals surface area contributed by atoms with Crippen LogP contribution in [0, 0.1) is 5.82 Å². The van der Waals surface area contributed by atoms with Crippen molar-refractivity contribution in [3.8, 4) is 5.69 Å². The van der Waals surface area contributed by atoms with Crippen molar-refractivity contribution in [3.05, 3.63) is 50.5 Å². The van der Waals surface area contributed by atoms with Crippen molar-refractivity contribution in [2.75, 3.05) is 0 Å². The lowest BCUT2D eigenvalue weighted by molar-refractivity contribution is 0.385. The number of hydrogen-bond donors (Lipinski definition) is 0. The number of benzene rings is 1. The predicted molar refractivity (Wildman–Crippen MR) is 73.0 cm³/mol. The minimum atomic E-state index is -0.726. The maximum absolute atomic E-state index is 13.9. The Labute approximate surface area is 119 Å². The molecule has 0 saturated carbocycles. The molecule has 0 aliphatic carbocycles. The molecule has 0 unspecified atom stereocenters. The Kier molecular flexibility index (Phi) is 3.49. The van der Waals surface area contributed by atoms with Gasteiger partial charge in [0.1, 0.15) is 5.82 Å². The molecule has 0 amide bonds. The van der Waals surface area contributed by atoms with Crippen LogP contribution in [-0.2, 0) is 5.41 Å². The van der Waals surface area contributed by atoms with Gasteiger partial charge in [-0.1, -0.05) is 44.0 Å². The van der Waals surface area contributed by atoms with Crippen molar-refractivity contribution in [2.45, 2.75) is 26.2 Å². The molecule has 0 bridgehead atoms. The fraction of sp³-hybridized carbons (Fsp3) is 0.308. The van der Waals surface area contributed by atoms with Crippen LogP contribution in [0.4, 0.5) is 4.39 Å². The SMILES string of the molecule is CC(C)(C)c1oc(=O)n(-c2ccc(Cl)cc2F)c1Cl. The van der Waals surface area contributed by atoms with E-state index in [1.807, 2.05) is 20.8 Å². The number of halogens is 3. The first kappa shape index (κ1) is 14.2. The van der Waals surface area contributed by atoms with Gasteiger partial charge in [-0.3, -0.25) is 0 Å². The van der Waals surface area contributed by atoms with Crippen molar-refractivity contribution in [3.63, 3.8) is 0 Å². The smallest absolute Gasteiger partial charge is 0.410 e. The van der Waals surface area contributed by atoms with Gasteiger partial charge in [-0.05, 0) is 18.2 Å². The summed E-state index contributed by atoms with van der Waals surface area (Å²) in [6, 6.07) is 3.98. The highest BCUT2D eigenvalue weighted by molar-refractivity contribution is 6.31. The molecule has 0 N–H and O–H groups in total. The Morgan fingerprint density at radius 2 is 1.89 bits per heavy atom. The van der Waals surface area contributed by atoms with Crippen LogP contribution >= 0.6 is 23.2 Å². The van der Waals surface area contributed by atoms with Crippen LogP contribution in [-0.4, -0.2) is 4.57 Å². The summed E-state index contributed by atoms with van der Waals surface area (Å²) in [6.07, 6.45) is 0. The van der Waals surface area contributed by atoms with Crippen LogP contribution in [0.5, 0.6) is 0 Å². The third kappa shape index (κ3) is 2.55. The summed E-state index contributed by atoms with van der Waals surface area (Å²) in [7, 11) is 0. The Bertz CT molecular complexity index is 683. The zero-order valence-corrected chi connectivity index (χ0v) is 12.1. The van der Waals surface area contributed by atoms with E-state index >= 15 is 0 Å². The predicted octanol–water partition coefficient (Wildman–Crippen LogP) is 4.17. The molecule has 0 atom stereocenters. The molecule has 2 rings (SSSR count). The molecule has 0 aliphatic rings. The Balaban J connectivity index is 2.71. The van der Waals surface area contributed by atoms with E-state index in [-0.39, 0.29) is 15.9 Å². The minimum Gasteiger partial charge on any atom is -0.410 e. The lowest BCUT2D eigenvalue weighted by Crippen LogP contribution is -2.13. The van der Waals surface area contributed by atoms with Crippen molar-refractivity contribution < 1.29 is 8.81 Å². The van der Waals surface area contributed by atoms with Crippen LogP contribution in [0.3, 0.4) is 0 Å². The topological polar surface area (TPSA) is 35.1 Å². The second-order valence-corrected chi connectivity index (χ2v) is 5.96. The average Bonchev–Trinajstić information content (AvgIpc) is 2.55. The summed E-state index contributed by atoms with van der Waals surface area (Å²) >= 11 is 11.8. The molecule has 102 valence electrons. The van der Waals surface area contributed by atoms with Gasteiger partial charge >= 0.3 is 5.76 Å². The molecule has 0 spiro atoms. The molecule has 0 saturated heterocycles. The molecule has 0 aliphatic heterocycles. The van der Waals surface area contributed by atoms with E-state index in [1.54, 1.807) is 0 Å². The highest BCUT2D eigenvalue weighted by Gasteiger charge is 2.27. The van der Waals surface area contributed by atoms with E-state index < -0.39 is 17.0 Å². The van der Waals surface area contributed by atoms with Gasteiger partial charge in [0.05, 0.1) is 5.69 Å². The van der Waals surface area contributed by atoms with Gasteiger partial charge in [-0.2, -0.15) is 0 Å². The number of nitrogens with zero attached hydrogens (tertiary/aromatic N) is 1. The third-order valence-electron chi connectivity index (χ3n) is 2.59. The van der Waals surface area contributed by atoms with E-state index in [4.69, 9.17) is 27.6 Å². The summed E-state index contributed by atoms with van der Waals surface area (Å²) in [6.45, 7) is 5.54. The van der Waals surface area contributed by atoms with E-state index in [2.05, 4.69) is 0 Å². The fourth-order valence-electron chi connectivity index (χ4n) is 1.69. The first-order valence-electron chi connectivity index (χ1n) is 5.59. The molecule has 0 fully saturated rings. The highest BCUT2D eigenvalue weighted by Crippen LogP contribution is 2.31. The van der Waals surface area contributed by atoms with Crippen LogP contribution in [0.15, 0.2) is 27.4 Å². The van der Waals surface area contributed by atoms with Gasteiger partial charge in [0, 0.05) is 10.4 Å². The second-order valence-electron chi connectivity index (χ2n) is 5.17. The largest absolute Gasteiger partial charge is 0.425 e. The second kappa shape index (κ2) is 4.69. The molecule has 2 aromatic rings. The lowest BCUT2D eigenvalue weighted by atomic mass is 9.94. The molecule has 19 heavy (non-hydrogen) atoms. The lowest BCUT2D eigenvalue weighted by Gasteiger charge is -2.14. The van der Waals surface area contributed by atoms with Crippen molar-refractivity contribution in [1.29, 1.82) is 0 Å². The molecule has 3 nitrogen and oxygen atoms in total. The zero-order valence-electron chi connectivity index (χ0n) is 10.6. The van der Waals surface area contributed by atoms with Gasteiger partial charge in [-0.15, -0.1) is 0 Å².